The zero-order valence-corrected chi connectivity index (χ0v) is 12.9. The van der Waals surface area contributed by atoms with Crippen molar-refractivity contribution in [2.75, 3.05) is 0 Å². The van der Waals surface area contributed by atoms with E-state index in [1.54, 1.807) is 0 Å². The van der Waals surface area contributed by atoms with Crippen molar-refractivity contribution in [3.63, 3.8) is 0 Å². The predicted octanol–water partition coefficient (Wildman–Crippen LogP) is 4.14. The van der Waals surface area contributed by atoms with Gasteiger partial charge < -0.3 is 10.2 Å². The standard InChI is InChI=1S/C17H30O3/c1-2-3-4-5-6-7-8-9-10-11-12-13-16(18)14-15-17(19)20/h16,18H,2-13H2,1H3,(H,19,20)/t16-/m0/s1. The first-order valence-electron chi connectivity index (χ1n) is 8.09. The van der Waals surface area contributed by atoms with Crippen molar-refractivity contribution in [2.24, 2.45) is 0 Å². The summed E-state index contributed by atoms with van der Waals surface area (Å²) in [6, 6.07) is 0. The molecule has 0 heterocycles. The molecule has 0 fully saturated rings. The second-order valence-corrected chi connectivity index (χ2v) is 5.41. The summed E-state index contributed by atoms with van der Waals surface area (Å²) in [5.74, 6) is 3.10. The summed E-state index contributed by atoms with van der Waals surface area (Å²) < 4.78 is 0. The molecule has 0 aliphatic rings. The number of rotatable bonds is 12. The number of aliphatic carboxylic acids is 1. The molecule has 0 aromatic rings. The number of unbranched alkanes of at least 4 members (excludes halogenated alkanes) is 10. The van der Waals surface area contributed by atoms with Crippen LogP contribution >= 0.6 is 0 Å². The van der Waals surface area contributed by atoms with Crippen molar-refractivity contribution < 1.29 is 15.0 Å². The van der Waals surface area contributed by atoms with E-state index in [1.807, 2.05) is 5.92 Å². The lowest BCUT2D eigenvalue weighted by Gasteiger charge is -2.04. The highest BCUT2D eigenvalue weighted by Crippen LogP contribution is 2.12. The van der Waals surface area contributed by atoms with E-state index in [0.29, 0.717) is 6.42 Å². The van der Waals surface area contributed by atoms with Crippen LogP contribution < -0.4 is 0 Å². The number of hydrogen-bond acceptors (Lipinski definition) is 2. The van der Waals surface area contributed by atoms with Gasteiger partial charge in [-0.3, -0.25) is 0 Å². The van der Waals surface area contributed by atoms with Crippen LogP contribution in [0.2, 0.25) is 0 Å². The van der Waals surface area contributed by atoms with Crippen LogP contribution in [0.15, 0.2) is 0 Å². The fourth-order valence-corrected chi connectivity index (χ4v) is 2.22. The van der Waals surface area contributed by atoms with Crippen molar-refractivity contribution in [2.45, 2.75) is 90.1 Å². The molecule has 0 aliphatic carbocycles. The van der Waals surface area contributed by atoms with Crippen LogP contribution in [0.1, 0.15) is 84.0 Å². The molecule has 3 nitrogen and oxygen atoms in total. The Labute approximate surface area is 123 Å². The van der Waals surface area contributed by atoms with E-state index >= 15 is 0 Å². The quantitative estimate of drug-likeness (QED) is 0.418. The van der Waals surface area contributed by atoms with Crippen molar-refractivity contribution in [1.29, 1.82) is 0 Å². The maximum Gasteiger partial charge on any atom is 0.381 e. The summed E-state index contributed by atoms with van der Waals surface area (Å²) in [5.41, 5.74) is 0. The number of carbonyl (C=O) groups is 1. The predicted molar refractivity (Wildman–Crippen MR) is 82.5 cm³/mol. The van der Waals surface area contributed by atoms with Crippen molar-refractivity contribution in [1.82, 2.24) is 0 Å². The van der Waals surface area contributed by atoms with Gasteiger partial charge in [-0.15, -0.1) is 0 Å². The Balaban J connectivity index is 3.21. The van der Waals surface area contributed by atoms with Crippen molar-refractivity contribution >= 4 is 5.97 Å². The highest BCUT2D eigenvalue weighted by Gasteiger charge is 1.99. The summed E-state index contributed by atoms with van der Waals surface area (Å²) in [6.45, 7) is 2.24. The molecule has 2 N–H and O–H groups in total. The molecule has 0 spiro atoms. The van der Waals surface area contributed by atoms with E-state index in [2.05, 4.69) is 12.8 Å². The molecule has 0 bridgehead atoms. The lowest BCUT2D eigenvalue weighted by molar-refractivity contribution is -0.130. The topological polar surface area (TPSA) is 57.5 Å². The van der Waals surface area contributed by atoms with Gasteiger partial charge in [0.25, 0.3) is 0 Å². The number of hydrogen-bond donors (Lipinski definition) is 2. The number of aliphatic hydroxyl groups excluding tert-OH is 1. The minimum absolute atomic E-state index is 0.581. The van der Waals surface area contributed by atoms with Gasteiger partial charge in [0.15, 0.2) is 0 Å². The Morgan fingerprint density at radius 3 is 1.80 bits per heavy atom. The van der Waals surface area contributed by atoms with Crippen LogP contribution in [0.5, 0.6) is 0 Å². The minimum atomic E-state index is -1.18. The first-order valence-corrected chi connectivity index (χ1v) is 8.09. The van der Waals surface area contributed by atoms with Gasteiger partial charge in [0.05, 0.1) is 0 Å². The zero-order valence-electron chi connectivity index (χ0n) is 12.9. The maximum atomic E-state index is 10.2. The molecule has 0 aromatic heterocycles. The zero-order chi connectivity index (χ0) is 15.1. The molecule has 116 valence electrons. The van der Waals surface area contributed by atoms with Gasteiger partial charge in [0.1, 0.15) is 6.10 Å². The number of aliphatic hydroxyl groups is 1. The highest BCUT2D eigenvalue weighted by molar-refractivity contribution is 5.86. The Kier molecular flexibility index (Phi) is 13.7. The maximum absolute atomic E-state index is 10.2. The third-order valence-electron chi connectivity index (χ3n) is 3.43. The lowest BCUT2D eigenvalue weighted by Crippen LogP contribution is -2.03. The SMILES string of the molecule is CCCCCCCCCCCCC[C@H](O)C#CC(=O)O. The van der Waals surface area contributed by atoms with E-state index in [4.69, 9.17) is 5.11 Å². The average molecular weight is 282 g/mol. The summed E-state index contributed by atoms with van der Waals surface area (Å²) in [5, 5.41) is 17.7. The summed E-state index contributed by atoms with van der Waals surface area (Å²) >= 11 is 0. The van der Waals surface area contributed by atoms with Gasteiger partial charge in [-0.1, -0.05) is 77.1 Å². The number of carboxylic acids is 1. The molecular formula is C17H30O3. The largest absolute Gasteiger partial charge is 0.472 e. The van der Waals surface area contributed by atoms with Gasteiger partial charge in [-0.25, -0.2) is 4.79 Å². The van der Waals surface area contributed by atoms with E-state index in [0.717, 1.165) is 12.8 Å². The smallest absolute Gasteiger partial charge is 0.381 e. The van der Waals surface area contributed by atoms with Crippen molar-refractivity contribution in [3.05, 3.63) is 0 Å². The minimum Gasteiger partial charge on any atom is -0.472 e. The Morgan fingerprint density at radius 2 is 1.35 bits per heavy atom. The number of carboxylic acid groups (broad SMARTS) is 1. The summed E-state index contributed by atoms with van der Waals surface area (Å²) in [6.07, 6.45) is 13.7. The van der Waals surface area contributed by atoms with Crippen LogP contribution in [0.3, 0.4) is 0 Å². The van der Waals surface area contributed by atoms with Crippen molar-refractivity contribution in [3.8, 4) is 11.8 Å². The third kappa shape index (κ3) is 15.0. The summed E-state index contributed by atoms with van der Waals surface area (Å²) in [7, 11) is 0. The van der Waals surface area contributed by atoms with E-state index in [-0.39, 0.29) is 0 Å². The second-order valence-electron chi connectivity index (χ2n) is 5.41. The lowest BCUT2D eigenvalue weighted by atomic mass is 10.0. The summed E-state index contributed by atoms with van der Waals surface area (Å²) in [4.78, 5) is 10.2. The van der Waals surface area contributed by atoms with Gasteiger partial charge in [-0.05, 0) is 12.8 Å². The fraction of sp³-hybridized carbons (Fsp3) is 0.824. The van der Waals surface area contributed by atoms with Crippen LogP contribution in [-0.2, 0) is 4.79 Å². The molecule has 0 radical (unpaired) electrons. The first kappa shape index (κ1) is 19.0. The second kappa shape index (κ2) is 14.4. The molecule has 0 amide bonds. The third-order valence-corrected chi connectivity index (χ3v) is 3.43. The van der Waals surface area contributed by atoms with Crippen LogP contribution in [-0.4, -0.2) is 22.3 Å². The average Bonchev–Trinajstić information content (AvgIpc) is 2.42. The molecule has 1 atom stereocenters. The van der Waals surface area contributed by atoms with Gasteiger partial charge >= 0.3 is 5.97 Å². The van der Waals surface area contributed by atoms with E-state index in [9.17, 15) is 9.90 Å². The van der Waals surface area contributed by atoms with Gasteiger partial charge in [0, 0.05) is 5.92 Å². The van der Waals surface area contributed by atoms with Crippen LogP contribution in [0.25, 0.3) is 0 Å². The molecule has 0 rings (SSSR count). The molecule has 0 aromatic carbocycles. The molecule has 0 aliphatic heterocycles. The van der Waals surface area contributed by atoms with Crippen LogP contribution in [0, 0.1) is 11.8 Å². The fourth-order valence-electron chi connectivity index (χ4n) is 2.22. The molecule has 0 saturated heterocycles. The molecule has 3 heteroatoms. The molecule has 0 unspecified atom stereocenters. The normalized spacial score (nSPS) is 11.7. The molecule has 20 heavy (non-hydrogen) atoms. The van der Waals surface area contributed by atoms with Gasteiger partial charge in [0.2, 0.25) is 0 Å². The Hall–Kier alpha value is -1.01. The molecule has 0 saturated carbocycles. The monoisotopic (exact) mass is 282 g/mol. The van der Waals surface area contributed by atoms with E-state index in [1.165, 1.54) is 57.8 Å². The Bertz CT molecular complexity index is 288. The van der Waals surface area contributed by atoms with E-state index < -0.39 is 12.1 Å². The Morgan fingerprint density at radius 1 is 0.900 bits per heavy atom. The highest BCUT2D eigenvalue weighted by atomic mass is 16.4. The molecular weight excluding hydrogens is 252 g/mol. The first-order chi connectivity index (χ1) is 9.66. The van der Waals surface area contributed by atoms with Crippen LogP contribution in [0.4, 0.5) is 0 Å². The van der Waals surface area contributed by atoms with Gasteiger partial charge in [-0.2, -0.15) is 0 Å².